The summed E-state index contributed by atoms with van der Waals surface area (Å²) in [5, 5.41) is 54.2. The molecule has 0 bridgehead atoms. The molecule has 0 aliphatic carbocycles. The van der Waals surface area contributed by atoms with E-state index in [0.29, 0.717) is 12.8 Å². The molecule has 9 nitrogen and oxygen atoms in total. The van der Waals surface area contributed by atoms with Crippen molar-refractivity contribution in [2.75, 3.05) is 13.2 Å². The van der Waals surface area contributed by atoms with Crippen LogP contribution in [-0.2, 0) is 14.3 Å². The maximum Gasteiger partial charge on any atom is 0.220 e. The fraction of sp³-hybridized carbons (Fsp3) is 0.642. The molecular formula is C53H87NO8. The number of amides is 1. The van der Waals surface area contributed by atoms with Crippen LogP contribution in [0.2, 0.25) is 0 Å². The monoisotopic (exact) mass is 866 g/mol. The first-order valence-corrected chi connectivity index (χ1v) is 24.1. The van der Waals surface area contributed by atoms with Gasteiger partial charge < -0.3 is 40.3 Å². The van der Waals surface area contributed by atoms with E-state index in [4.69, 9.17) is 9.47 Å². The Morgan fingerprint density at radius 2 is 1.02 bits per heavy atom. The van der Waals surface area contributed by atoms with Gasteiger partial charge in [0.25, 0.3) is 0 Å². The summed E-state index contributed by atoms with van der Waals surface area (Å²) in [4.78, 5) is 13.0. The van der Waals surface area contributed by atoms with Crippen LogP contribution in [0.5, 0.6) is 0 Å². The number of allylic oxidation sites excluding steroid dienone is 17. The largest absolute Gasteiger partial charge is 0.394 e. The van der Waals surface area contributed by atoms with Crippen molar-refractivity contribution in [1.29, 1.82) is 0 Å². The second kappa shape index (κ2) is 41.8. The molecular weight excluding hydrogens is 779 g/mol. The maximum absolute atomic E-state index is 13.0. The molecule has 7 unspecified atom stereocenters. The predicted octanol–water partition coefficient (Wildman–Crippen LogP) is 10.7. The average Bonchev–Trinajstić information content (AvgIpc) is 3.27. The standard InChI is InChI=1S/C53H87NO8/c1-3-5-7-9-11-13-15-17-19-20-21-22-23-24-25-26-27-28-29-31-33-35-37-39-41-43-49(57)54-46(45-61-53-52(60)51(59)50(58)48(44-55)62-53)47(56)42-40-38-36-34-32-30-18-16-14-12-10-8-6-4-2/h5,7,11,13,17,19,21-22,24-25,27-28,31-34,40,42,46-48,50-53,55-56,58-60H,3-4,6,8-10,12,14-16,18,20,23,26,29-30,35-39,41,43-45H2,1-2H3,(H,54,57)/b7-5-,13-11-,19-17-,22-21-,25-24-,28-27-,33-31-,34-32+,42-40+. The van der Waals surface area contributed by atoms with Crippen molar-refractivity contribution >= 4 is 5.91 Å². The lowest BCUT2D eigenvalue weighted by Crippen LogP contribution is -2.60. The molecule has 0 saturated carbocycles. The lowest BCUT2D eigenvalue weighted by Gasteiger charge is -2.40. The van der Waals surface area contributed by atoms with Gasteiger partial charge >= 0.3 is 0 Å². The number of rotatable bonds is 38. The SMILES string of the molecule is CC/C=C\C/C=C\C/C=C\C/C=C\C/C=C\C/C=C\C/C=C\CCCCCC(=O)NC(COC1OC(CO)C(O)C(O)C1O)C(O)/C=C/CC/C=C/CCCCCCCCCC. The summed E-state index contributed by atoms with van der Waals surface area (Å²) in [5.41, 5.74) is 0. The van der Waals surface area contributed by atoms with Gasteiger partial charge in [-0.05, 0) is 89.9 Å². The smallest absolute Gasteiger partial charge is 0.220 e. The molecule has 0 aromatic carbocycles. The molecule has 62 heavy (non-hydrogen) atoms. The topological polar surface area (TPSA) is 149 Å². The van der Waals surface area contributed by atoms with E-state index >= 15 is 0 Å². The molecule has 1 rings (SSSR count). The summed E-state index contributed by atoms with van der Waals surface area (Å²) in [6.07, 6.45) is 54.2. The highest BCUT2D eigenvalue weighted by atomic mass is 16.7. The van der Waals surface area contributed by atoms with Crippen molar-refractivity contribution in [3.05, 3.63) is 109 Å². The van der Waals surface area contributed by atoms with E-state index in [-0.39, 0.29) is 12.5 Å². The minimum atomic E-state index is -1.58. The van der Waals surface area contributed by atoms with Gasteiger partial charge in [0.2, 0.25) is 5.91 Å². The second-order valence-electron chi connectivity index (χ2n) is 16.2. The average molecular weight is 866 g/mol. The van der Waals surface area contributed by atoms with E-state index in [9.17, 15) is 30.3 Å². The Morgan fingerprint density at radius 3 is 1.55 bits per heavy atom. The van der Waals surface area contributed by atoms with Gasteiger partial charge in [0.1, 0.15) is 24.4 Å². The quantitative estimate of drug-likeness (QED) is 0.0265. The summed E-state index contributed by atoms with van der Waals surface area (Å²) >= 11 is 0. The zero-order chi connectivity index (χ0) is 45.1. The van der Waals surface area contributed by atoms with E-state index in [2.05, 4.69) is 116 Å². The minimum absolute atomic E-state index is 0.222. The van der Waals surface area contributed by atoms with Crippen molar-refractivity contribution in [3.8, 4) is 0 Å². The molecule has 0 radical (unpaired) electrons. The lowest BCUT2D eigenvalue weighted by atomic mass is 9.99. The molecule has 1 aliphatic rings. The van der Waals surface area contributed by atoms with Crippen molar-refractivity contribution in [2.24, 2.45) is 0 Å². The third-order valence-electron chi connectivity index (χ3n) is 10.6. The van der Waals surface area contributed by atoms with E-state index in [1.54, 1.807) is 6.08 Å². The number of hydrogen-bond donors (Lipinski definition) is 6. The van der Waals surface area contributed by atoms with Crippen molar-refractivity contribution in [3.63, 3.8) is 0 Å². The first kappa shape index (κ1) is 56.9. The molecule has 0 aromatic rings. The fourth-order valence-corrected chi connectivity index (χ4v) is 6.74. The Kier molecular flexibility index (Phi) is 38.4. The van der Waals surface area contributed by atoms with Crippen LogP contribution in [0, 0.1) is 0 Å². The third-order valence-corrected chi connectivity index (χ3v) is 10.6. The molecule has 0 spiro atoms. The minimum Gasteiger partial charge on any atom is -0.394 e. The van der Waals surface area contributed by atoms with Gasteiger partial charge in [0.05, 0.1) is 25.4 Å². The highest BCUT2D eigenvalue weighted by Gasteiger charge is 2.44. The van der Waals surface area contributed by atoms with Crippen LogP contribution >= 0.6 is 0 Å². The Balaban J connectivity index is 2.38. The highest BCUT2D eigenvalue weighted by Crippen LogP contribution is 2.22. The van der Waals surface area contributed by atoms with E-state index in [1.807, 2.05) is 6.08 Å². The summed E-state index contributed by atoms with van der Waals surface area (Å²) < 4.78 is 11.2. The fourth-order valence-electron chi connectivity index (χ4n) is 6.74. The summed E-state index contributed by atoms with van der Waals surface area (Å²) in [7, 11) is 0. The van der Waals surface area contributed by atoms with Crippen molar-refractivity contribution in [1.82, 2.24) is 5.32 Å². The van der Waals surface area contributed by atoms with Gasteiger partial charge in [-0.15, -0.1) is 0 Å². The molecule has 1 heterocycles. The van der Waals surface area contributed by atoms with Gasteiger partial charge in [0, 0.05) is 6.42 Å². The van der Waals surface area contributed by atoms with Crippen LogP contribution in [-0.4, -0.2) is 87.5 Å². The number of carbonyl (C=O) groups excluding carboxylic acids is 1. The van der Waals surface area contributed by atoms with Gasteiger partial charge in [-0.2, -0.15) is 0 Å². The van der Waals surface area contributed by atoms with E-state index in [0.717, 1.165) is 83.5 Å². The molecule has 7 atom stereocenters. The van der Waals surface area contributed by atoms with Crippen LogP contribution < -0.4 is 5.32 Å². The zero-order valence-electron chi connectivity index (χ0n) is 38.6. The second-order valence-corrected chi connectivity index (χ2v) is 16.2. The molecule has 1 fully saturated rings. The summed E-state index contributed by atoms with van der Waals surface area (Å²) in [6, 6.07) is -0.847. The van der Waals surface area contributed by atoms with Crippen LogP contribution in [0.4, 0.5) is 0 Å². The summed E-state index contributed by atoms with van der Waals surface area (Å²) in [6.45, 7) is 3.59. The number of aliphatic hydroxyl groups is 5. The summed E-state index contributed by atoms with van der Waals surface area (Å²) in [5.74, 6) is -0.225. The molecule has 9 heteroatoms. The van der Waals surface area contributed by atoms with Gasteiger partial charge in [0.15, 0.2) is 6.29 Å². The number of nitrogens with one attached hydrogen (secondary N) is 1. The Hall–Kier alpha value is -3.15. The highest BCUT2D eigenvalue weighted by molar-refractivity contribution is 5.76. The van der Waals surface area contributed by atoms with Crippen LogP contribution in [0.25, 0.3) is 0 Å². The van der Waals surface area contributed by atoms with Crippen LogP contribution in [0.1, 0.15) is 162 Å². The Morgan fingerprint density at radius 1 is 0.565 bits per heavy atom. The molecule has 352 valence electrons. The lowest BCUT2D eigenvalue weighted by molar-refractivity contribution is -0.302. The molecule has 6 N–H and O–H groups in total. The molecule has 0 aromatic heterocycles. The van der Waals surface area contributed by atoms with Gasteiger partial charge in [-0.1, -0.05) is 175 Å². The zero-order valence-corrected chi connectivity index (χ0v) is 38.6. The van der Waals surface area contributed by atoms with E-state index in [1.165, 1.54) is 51.4 Å². The third kappa shape index (κ3) is 31.7. The van der Waals surface area contributed by atoms with Crippen molar-refractivity contribution < 1.29 is 39.8 Å². The first-order chi connectivity index (χ1) is 30.3. The predicted molar refractivity (Wildman–Crippen MR) is 257 cm³/mol. The number of ether oxygens (including phenoxy) is 2. The van der Waals surface area contributed by atoms with Crippen LogP contribution in [0.3, 0.4) is 0 Å². The number of carbonyl (C=O) groups is 1. The molecule has 1 amide bonds. The normalized spacial score (nSPS) is 21.3. The van der Waals surface area contributed by atoms with Crippen molar-refractivity contribution in [2.45, 2.75) is 204 Å². The maximum atomic E-state index is 13.0. The first-order valence-electron chi connectivity index (χ1n) is 24.1. The number of hydrogen-bond acceptors (Lipinski definition) is 8. The van der Waals surface area contributed by atoms with Gasteiger partial charge in [-0.3, -0.25) is 4.79 Å². The molecule has 1 saturated heterocycles. The molecule has 1 aliphatic heterocycles. The van der Waals surface area contributed by atoms with Crippen LogP contribution in [0.15, 0.2) is 109 Å². The van der Waals surface area contributed by atoms with Gasteiger partial charge in [-0.25, -0.2) is 0 Å². The number of unbranched alkanes of at least 4 members (excludes halogenated alkanes) is 12. The van der Waals surface area contributed by atoms with E-state index < -0.39 is 49.5 Å². The Bertz CT molecular complexity index is 1330. The Labute approximate surface area is 376 Å². The number of aliphatic hydroxyl groups excluding tert-OH is 5.